The van der Waals surface area contributed by atoms with E-state index in [1.54, 1.807) is 24.3 Å². The second-order valence-corrected chi connectivity index (χ2v) is 8.04. The van der Waals surface area contributed by atoms with Gasteiger partial charge >= 0.3 is 0 Å². The summed E-state index contributed by atoms with van der Waals surface area (Å²) in [6.45, 7) is 7.03. The Hall–Kier alpha value is -3.18. The molecule has 29 heavy (non-hydrogen) atoms. The van der Waals surface area contributed by atoms with Gasteiger partial charge in [0.15, 0.2) is 0 Å². The average Bonchev–Trinajstić information content (AvgIpc) is 2.94. The number of nitrogens with zero attached hydrogens (tertiary/aromatic N) is 3. The number of pyridine rings is 1. The normalized spacial score (nSPS) is 16.1. The van der Waals surface area contributed by atoms with Gasteiger partial charge in [-0.15, -0.1) is 0 Å². The molecule has 0 radical (unpaired) electrons. The lowest BCUT2D eigenvalue weighted by atomic mass is 10.1. The molecule has 1 aliphatic heterocycles. The molecule has 3 rings (SSSR count). The molecule has 3 amide bonds. The van der Waals surface area contributed by atoms with E-state index in [1.165, 1.54) is 6.92 Å². The number of carbonyl (C=O) groups is 3. The summed E-state index contributed by atoms with van der Waals surface area (Å²) in [5.74, 6) is -0.847. The summed E-state index contributed by atoms with van der Waals surface area (Å²) in [5, 5.41) is 12.0. The summed E-state index contributed by atoms with van der Waals surface area (Å²) in [5.41, 5.74) is 4.05. The SMILES string of the molecule is CC(=O)Nc1ccc(N2C(=O)C[C@@H](Sc3nc(C)c(C)c(C)c3C#N)C2=O)cc1. The van der Waals surface area contributed by atoms with E-state index in [9.17, 15) is 19.6 Å². The first kappa shape index (κ1) is 20.6. The molecule has 2 aromatic rings. The Labute approximate surface area is 173 Å². The Balaban J connectivity index is 1.85. The lowest BCUT2D eigenvalue weighted by Crippen LogP contribution is -2.31. The molecule has 0 bridgehead atoms. The summed E-state index contributed by atoms with van der Waals surface area (Å²) in [6.07, 6.45) is 0.0372. The van der Waals surface area contributed by atoms with Crippen LogP contribution in [0.2, 0.25) is 0 Å². The van der Waals surface area contributed by atoms with Gasteiger partial charge in [0.05, 0.1) is 16.5 Å². The van der Waals surface area contributed by atoms with E-state index < -0.39 is 5.25 Å². The number of carbonyl (C=O) groups excluding carboxylic acids is 3. The van der Waals surface area contributed by atoms with Crippen LogP contribution in [-0.4, -0.2) is 28.0 Å². The van der Waals surface area contributed by atoms with Crippen LogP contribution in [0.1, 0.15) is 35.7 Å². The van der Waals surface area contributed by atoms with Crippen molar-refractivity contribution in [2.45, 2.75) is 44.4 Å². The fraction of sp³-hybridized carbons (Fsp3) is 0.286. The smallest absolute Gasteiger partial charge is 0.247 e. The quantitative estimate of drug-likeness (QED) is 0.779. The molecule has 1 fully saturated rings. The molecule has 0 unspecified atom stereocenters. The monoisotopic (exact) mass is 408 g/mol. The van der Waals surface area contributed by atoms with Gasteiger partial charge in [-0.25, -0.2) is 9.88 Å². The number of nitrogens with one attached hydrogen (secondary N) is 1. The van der Waals surface area contributed by atoms with Crippen LogP contribution >= 0.6 is 11.8 Å². The summed E-state index contributed by atoms with van der Waals surface area (Å²) < 4.78 is 0. The highest BCUT2D eigenvalue weighted by Gasteiger charge is 2.41. The first-order valence-electron chi connectivity index (χ1n) is 9.02. The molecule has 1 aliphatic rings. The number of amides is 3. The van der Waals surface area contributed by atoms with Gasteiger partial charge in [0.25, 0.3) is 0 Å². The molecule has 148 valence electrons. The molecular formula is C21H20N4O3S. The van der Waals surface area contributed by atoms with Crippen molar-refractivity contribution in [3.8, 4) is 6.07 Å². The molecule has 7 nitrogen and oxygen atoms in total. The van der Waals surface area contributed by atoms with Crippen LogP contribution in [0.15, 0.2) is 29.3 Å². The van der Waals surface area contributed by atoms with Crippen molar-refractivity contribution >= 4 is 40.9 Å². The van der Waals surface area contributed by atoms with Crippen LogP contribution < -0.4 is 10.2 Å². The van der Waals surface area contributed by atoms with Crippen LogP contribution in [-0.2, 0) is 14.4 Å². The fourth-order valence-electron chi connectivity index (χ4n) is 3.13. The zero-order valence-electron chi connectivity index (χ0n) is 16.6. The summed E-state index contributed by atoms with van der Waals surface area (Å²) in [4.78, 5) is 42.2. The van der Waals surface area contributed by atoms with Crippen molar-refractivity contribution in [2.24, 2.45) is 0 Å². The van der Waals surface area contributed by atoms with Crippen molar-refractivity contribution in [3.05, 3.63) is 46.6 Å². The van der Waals surface area contributed by atoms with E-state index in [0.717, 1.165) is 33.5 Å². The standard InChI is InChI=1S/C21H20N4O3S/c1-11-12(2)17(10-22)20(23-13(11)3)29-18-9-19(27)25(21(18)28)16-7-5-15(6-8-16)24-14(4)26/h5-8,18H,9H2,1-4H3,(H,24,26)/t18-/m1/s1. The van der Waals surface area contributed by atoms with Gasteiger partial charge < -0.3 is 5.32 Å². The highest BCUT2D eigenvalue weighted by atomic mass is 32.2. The Bertz CT molecular complexity index is 1060. The molecule has 0 saturated carbocycles. The minimum Gasteiger partial charge on any atom is -0.326 e. The Morgan fingerprint density at radius 1 is 1.21 bits per heavy atom. The van der Waals surface area contributed by atoms with Crippen LogP contribution in [0.5, 0.6) is 0 Å². The summed E-state index contributed by atoms with van der Waals surface area (Å²) in [7, 11) is 0. The molecule has 1 N–H and O–H groups in total. The number of benzene rings is 1. The number of imide groups is 1. The van der Waals surface area contributed by atoms with Crippen molar-refractivity contribution in [2.75, 3.05) is 10.2 Å². The second kappa shape index (κ2) is 8.05. The topological polar surface area (TPSA) is 103 Å². The highest BCUT2D eigenvalue weighted by molar-refractivity contribution is 8.00. The number of aryl methyl sites for hydroxylation is 1. The van der Waals surface area contributed by atoms with Gasteiger partial charge in [0.1, 0.15) is 11.1 Å². The molecule has 1 aromatic heterocycles. The molecule has 0 spiro atoms. The predicted molar refractivity (Wildman–Crippen MR) is 111 cm³/mol. The van der Waals surface area contributed by atoms with E-state index in [4.69, 9.17) is 0 Å². The average molecular weight is 408 g/mol. The number of nitriles is 1. The highest BCUT2D eigenvalue weighted by Crippen LogP contribution is 2.36. The Kier molecular flexibility index (Phi) is 5.71. The number of anilines is 2. The maximum atomic E-state index is 12.9. The van der Waals surface area contributed by atoms with Crippen molar-refractivity contribution in [1.29, 1.82) is 5.26 Å². The number of rotatable bonds is 4. The molecule has 8 heteroatoms. The zero-order chi connectivity index (χ0) is 21.3. The van der Waals surface area contributed by atoms with Crippen molar-refractivity contribution in [1.82, 2.24) is 4.98 Å². The van der Waals surface area contributed by atoms with Gasteiger partial charge in [-0.1, -0.05) is 11.8 Å². The van der Waals surface area contributed by atoms with Gasteiger partial charge in [-0.2, -0.15) is 5.26 Å². The van der Waals surface area contributed by atoms with E-state index >= 15 is 0 Å². The molecular weight excluding hydrogens is 388 g/mol. The third-order valence-electron chi connectivity index (χ3n) is 4.88. The van der Waals surface area contributed by atoms with Gasteiger partial charge in [0, 0.05) is 24.7 Å². The maximum absolute atomic E-state index is 12.9. The van der Waals surface area contributed by atoms with Crippen molar-refractivity contribution in [3.63, 3.8) is 0 Å². The van der Waals surface area contributed by atoms with E-state index in [1.807, 2.05) is 20.8 Å². The minimum absolute atomic E-state index is 0.0372. The maximum Gasteiger partial charge on any atom is 0.247 e. The first-order valence-corrected chi connectivity index (χ1v) is 9.90. The summed E-state index contributed by atoms with van der Waals surface area (Å²) >= 11 is 1.16. The Morgan fingerprint density at radius 2 is 1.86 bits per heavy atom. The van der Waals surface area contributed by atoms with Gasteiger partial charge in [-0.3, -0.25) is 14.4 Å². The second-order valence-electron chi connectivity index (χ2n) is 6.85. The first-order chi connectivity index (χ1) is 13.7. The molecule has 1 saturated heterocycles. The number of thioether (sulfide) groups is 1. The lowest BCUT2D eigenvalue weighted by Gasteiger charge is -2.16. The fourth-order valence-corrected chi connectivity index (χ4v) is 4.34. The molecule has 0 aliphatic carbocycles. The summed E-state index contributed by atoms with van der Waals surface area (Å²) in [6, 6.07) is 8.68. The third-order valence-corrected chi connectivity index (χ3v) is 6.05. The molecule has 1 atom stereocenters. The molecule has 2 heterocycles. The van der Waals surface area contributed by atoms with E-state index in [-0.39, 0.29) is 24.1 Å². The van der Waals surface area contributed by atoms with E-state index in [0.29, 0.717) is 22.0 Å². The predicted octanol–water partition coefficient (Wildman–Crippen LogP) is 3.26. The van der Waals surface area contributed by atoms with Gasteiger partial charge in [0.2, 0.25) is 17.7 Å². The minimum atomic E-state index is -0.640. The van der Waals surface area contributed by atoms with Gasteiger partial charge in [-0.05, 0) is 56.2 Å². The van der Waals surface area contributed by atoms with E-state index in [2.05, 4.69) is 16.4 Å². The van der Waals surface area contributed by atoms with Crippen molar-refractivity contribution < 1.29 is 14.4 Å². The van der Waals surface area contributed by atoms with Crippen LogP contribution in [0.3, 0.4) is 0 Å². The number of aromatic nitrogens is 1. The number of hydrogen-bond acceptors (Lipinski definition) is 6. The zero-order valence-corrected chi connectivity index (χ0v) is 17.4. The Morgan fingerprint density at radius 3 is 2.45 bits per heavy atom. The number of hydrogen-bond donors (Lipinski definition) is 1. The lowest BCUT2D eigenvalue weighted by molar-refractivity contribution is -0.121. The molecule has 1 aromatic carbocycles. The van der Waals surface area contributed by atoms with Crippen LogP contribution in [0.25, 0.3) is 0 Å². The van der Waals surface area contributed by atoms with Crippen LogP contribution in [0, 0.1) is 32.1 Å². The largest absolute Gasteiger partial charge is 0.326 e. The van der Waals surface area contributed by atoms with Crippen LogP contribution in [0.4, 0.5) is 11.4 Å². The third kappa shape index (κ3) is 4.00.